The number of rotatable bonds is 5. The Kier molecular flexibility index (Phi) is 6.01. The van der Waals surface area contributed by atoms with Gasteiger partial charge in [-0.3, -0.25) is 14.2 Å². The molecule has 27 heavy (non-hydrogen) atoms. The van der Waals surface area contributed by atoms with Crippen LogP contribution in [-0.2, 0) is 9.53 Å². The minimum absolute atomic E-state index is 0.00884. The van der Waals surface area contributed by atoms with Crippen LogP contribution in [0.25, 0.3) is 0 Å². The quantitative estimate of drug-likeness (QED) is 0.819. The lowest BCUT2D eigenvalue weighted by atomic mass is 9.86. The fourth-order valence-electron chi connectivity index (χ4n) is 3.39. The number of benzene rings is 1. The minimum Gasteiger partial charge on any atom is -0.466 e. The molecule has 1 saturated carbocycles. The standard InChI is InChI=1S/C20H23N3O4/c1-2-27-19(25)15-8-10-16(11-9-15)23-13-12-17(22-20(23)26)21-18(24)14-6-4-3-5-7-14/h3-7,12-13,15-16H,2,8-11H2,1H3,(H,21,22,24,26)/t15-,16+. The van der Waals surface area contributed by atoms with Gasteiger partial charge in [0.15, 0.2) is 0 Å². The van der Waals surface area contributed by atoms with Crippen LogP contribution >= 0.6 is 0 Å². The molecule has 1 aromatic heterocycles. The van der Waals surface area contributed by atoms with E-state index in [2.05, 4.69) is 10.3 Å². The van der Waals surface area contributed by atoms with E-state index < -0.39 is 5.69 Å². The predicted octanol–water partition coefficient (Wildman–Crippen LogP) is 2.79. The fraction of sp³-hybridized carbons (Fsp3) is 0.400. The van der Waals surface area contributed by atoms with Crippen molar-refractivity contribution in [1.82, 2.24) is 9.55 Å². The van der Waals surface area contributed by atoms with Crippen LogP contribution in [0.1, 0.15) is 49.0 Å². The van der Waals surface area contributed by atoms with E-state index >= 15 is 0 Å². The summed E-state index contributed by atoms with van der Waals surface area (Å²) in [6, 6.07) is 10.4. The molecule has 7 nitrogen and oxygen atoms in total. The molecule has 0 unspecified atom stereocenters. The van der Waals surface area contributed by atoms with Crippen LogP contribution in [0, 0.1) is 5.92 Å². The van der Waals surface area contributed by atoms with Gasteiger partial charge in [-0.2, -0.15) is 4.98 Å². The fourth-order valence-corrected chi connectivity index (χ4v) is 3.39. The van der Waals surface area contributed by atoms with Gasteiger partial charge < -0.3 is 10.1 Å². The highest BCUT2D eigenvalue weighted by molar-refractivity contribution is 6.03. The highest BCUT2D eigenvalue weighted by Gasteiger charge is 2.28. The van der Waals surface area contributed by atoms with Crippen LogP contribution in [0.15, 0.2) is 47.4 Å². The van der Waals surface area contributed by atoms with Gasteiger partial charge in [0.2, 0.25) is 0 Å². The van der Waals surface area contributed by atoms with Crippen molar-refractivity contribution in [3.05, 3.63) is 58.6 Å². The zero-order valence-electron chi connectivity index (χ0n) is 15.3. The predicted molar refractivity (Wildman–Crippen MR) is 101 cm³/mol. The van der Waals surface area contributed by atoms with E-state index in [0.29, 0.717) is 25.0 Å². The number of hydrogen-bond donors (Lipinski definition) is 1. The minimum atomic E-state index is -0.402. The van der Waals surface area contributed by atoms with Crippen molar-refractivity contribution in [2.24, 2.45) is 5.92 Å². The van der Waals surface area contributed by atoms with E-state index in [1.807, 2.05) is 6.07 Å². The Hall–Kier alpha value is -2.96. The van der Waals surface area contributed by atoms with Crippen molar-refractivity contribution in [3.63, 3.8) is 0 Å². The van der Waals surface area contributed by atoms with E-state index in [0.717, 1.165) is 12.8 Å². The molecule has 0 saturated heterocycles. The Morgan fingerprint density at radius 3 is 2.48 bits per heavy atom. The van der Waals surface area contributed by atoms with E-state index in [-0.39, 0.29) is 29.7 Å². The number of amides is 1. The number of aromatic nitrogens is 2. The summed E-state index contributed by atoms with van der Waals surface area (Å²) >= 11 is 0. The number of hydrogen-bond acceptors (Lipinski definition) is 5. The Morgan fingerprint density at radius 2 is 1.85 bits per heavy atom. The van der Waals surface area contributed by atoms with Crippen LogP contribution in [0.2, 0.25) is 0 Å². The number of carbonyl (C=O) groups excluding carboxylic acids is 2. The maximum Gasteiger partial charge on any atom is 0.349 e. The number of nitrogens with one attached hydrogen (secondary N) is 1. The van der Waals surface area contributed by atoms with Crippen molar-refractivity contribution in [3.8, 4) is 0 Å². The van der Waals surface area contributed by atoms with E-state index in [9.17, 15) is 14.4 Å². The molecule has 142 valence electrons. The Balaban J connectivity index is 1.63. The van der Waals surface area contributed by atoms with Crippen molar-refractivity contribution < 1.29 is 14.3 Å². The molecule has 1 fully saturated rings. The molecule has 0 radical (unpaired) electrons. The Labute approximate surface area is 157 Å². The summed E-state index contributed by atoms with van der Waals surface area (Å²) in [6.07, 6.45) is 4.50. The molecule has 0 bridgehead atoms. The summed E-state index contributed by atoms with van der Waals surface area (Å²) in [5.41, 5.74) is 0.0983. The van der Waals surface area contributed by atoms with Crippen LogP contribution in [0.5, 0.6) is 0 Å². The second-order valence-electron chi connectivity index (χ2n) is 6.58. The molecule has 0 spiro atoms. The van der Waals surface area contributed by atoms with Gasteiger partial charge in [0, 0.05) is 17.8 Å². The first-order valence-electron chi connectivity index (χ1n) is 9.20. The van der Waals surface area contributed by atoms with Crippen molar-refractivity contribution in [2.45, 2.75) is 38.6 Å². The molecule has 7 heteroatoms. The highest BCUT2D eigenvalue weighted by Crippen LogP contribution is 2.32. The molecule has 3 rings (SSSR count). The van der Waals surface area contributed by atoms with Gasteiger partial charge in [-0.25, -0.2) is 4.79 Å². The van der Waals surface area contributed by atoms with E-state index in [1.54, 1.807) is 48.0 Å². The molecule has 1 amide bonds. The Morgan fingerprint density at radius 1 is 1.15 bits per heavy atom. The maximum absolute atomic E-state index is 12.4. The van der Waals surface area contributed by atoms with Crippen LogP contribution in [-0.4, -0.2) is 28.0 Å². The molecule has 0 aliphatic heterocycles. The zero-order valence-corrected chi connectivity index (χ0v) is 15.3. The zero-order chi connectivity index (χ0) is 19.2. The molecule has 0 atom stereocenters. The van der Waals surface area contributed by atoms with Gasteiger partial charge in [-0.05, 0) is 50.8 Å². The van der Waals surface area contributed by atoms with Gasteiger partial charge in [-0.1, -0.05) is 18.2 Å². The average Bonchev–Trinajstić information content (AvgIpc) is 2.69. The molecule has 2 aromatic rings. The van der Waals surface area contributed by atoms with Crippen LogP contribution < -0.4 is 11.0 Å². The molecular weight excluding hydrogens is 346 g/mol. The number of carbonyl (C=O) groups is 2. The van der Waals surface area contributed by atoms with Gasteiger partial charge in [0.1, 0.15) is 5.82 Å². The largest absolute Gasteiger partial charge is 0.466 e. The second-order valence-corrected chi connectivity index (χ2v) is 6.58. The lowest BCUT2D eigenvalue weighted by Gasteiger charge is -2.28. The van der Waals surface area contributed by atoms with Crippen molar-refractivity contribution >= 4 is 17.7 Å². The van der Waals surface area contributed by atoms with E-state index in [4.69, 9.17) is 4.74 Å². The lowest BCUT2D eigenvalue weighted by Crippen LogP contribution is -2.32. The summed E-state index contributed by atoms with van der Waals surface area (Å²) in [5, 5.41) is 2.64. The number of esters is 1. The lowest BCUT2D eigenvalue weighted by molar-refractivity contribution is -0.149. The summed E-state index contributed by atoms with van der Waals surface area (Å²) in [7, 11) is 0. The molecule has 1 heterocycles. The maximum atomic E-state index is 12.4. The molecule has 1 aliphatic rings. The highest BCUT2D eigenvalue weighted by atomic mass is 16.5. The summed E-state index contributed by atoms with van der Waals surface area (Å²) in [5.74, 6) is -0.324. The first-order chi connectivity index (χ1) is 13.1. The van der Waals surface area contributed by atoms with Gasteiger partial charge in [0.05, 0.1) is 12.5 Å². The third-order valence-electron chi connectivity index (χ3n) is 4.82. The number of anilines is 1. The van der Waals surface area contributed by atoms with Crippen molar-refractivity contribution in [1.29, 1.82) is 0 Å². The third-order valence-corrected chi connectivity index (χ3v) is 4.82. The normalized spacial score (nSPS) is 19.3. The average molecular weight is 369 g/mol. The van der Waals surface area contributed by atoms with Gasteiger partial charge in [-0.15, -0.1) is 0 Å². The Bertz CT molecular complexity index is 855. The van der Waals surface area contributed by atoms with Crippen LogP contribution in [0.4, 0.5) is 5.82 Å². The summed E-state index contributed by atoms with van der Waals surface area (Å²) in [6.45, 7) is 2.19. The second kappa shape index (κ2) is 8.62. The topological polar surface area (TPSA) is 90.3 Å². The molecular formula is C20H23N3O4. The first-order valence-corrected chi connectivity index (χ1v) is 9.20. The molecule has 1 aromatic carbocycles. The number of ether oxygens (including phenoxy) is 1. The molecule has 1 N–H and O–H groups in total. The van der Waals surface area contributed by atoms with Gasteiger partial charge >= 0.3 is 11.7 Å². The van der Waals surface area contributed by atoms with Crippen molar-refractivity contribution in [2.75, 3.05) is 11.9 Å². The SMILES string of the molecule is CCOC(=O)[C@H]1CC[C@@H](n2ccc(NC(=O)c3ccccc3)nc2=O)CC1. The summed E-state index contributed by atoms with van der Waals surface area (Å²) in [4.78, 5) is 40.4. The van der Waals surface area contributed by atoms with Gasteiger partial charge in [0.25, 0.3) is 5.91 Å². The summed E-state index contributed by atoms with van der Waals surface area (Å²) < 4.78 is 6.66. The third kappa shape index (κ3) is 4.61. The van der Waals surface area contributed by atoms with E-state index in [1.165, 1.54) is 0 Å². The van der Waals surface area contributed by atoms with Crippen LogP contribution in [0.3, 0.4) is 0 Å². The monoisotopic (exact) mass is 369 g/mol. The smallest absolute Gasteiger partial charge is 0.349 e. The first kappa shape index (κ1) is 18.8. The number of nitrogens with zero attached hydrogens (tertiary/aromatic N) is 2. The molecule has 1 aliphatic carbocycles.